The number of amides is 1. The molecule has 2 heterocycles. The molecule has 0 unspecified atom stereocenters. The lowest BCUT2D eigenvalue weighted by molar-refractivity contribution is -0.118. The van der Waals surface area contributed by atoms with Crippen LogP contribution in [-0.2, 0) is 14.6 Å². The Morgan fingerprint density at radius 3 is 2.52 bits per heavy atom. The molecule has 0 saturated carbocycles. The van der Waals surface area contributed by atoms with Gasteiger partial charge in [-0.3, -0.25) is 4.79 Å². The topological polar surface area (TPSA) is 78.5 Å². The van der Waals surface area contributed by atoms with Gasteiger partial charge in [-0.15, -0.1) is 24.8 Å². The van der Waals surface area contributed by atoms with E-state index in [0.29, 0.717) is 13.1 Å². The number of hydrogen-bond donors (Lipinski definition) is 2. The Labute approximate surface area is 161 Å². The summed E-state index contributed by atoms with van der Waals surface area (Å²) in [7, 11) is -2.89. The predicted octanol–water partition coefficient (Wildman–Crippen LogP) is 1.85. The summed E-state index contributed by atoms with van der Waals surface area (Å²) >= 11 is 0. The maximum atomic E-state index is 12.3. The Hall–Kier alpha value is -1.02. The van der Waals surface area contributed by atoms with Crippen molar-refractivity contribution in [1.82, 2.24) is 5.32 Å². The maximum Gasteiger partial charge on any atom is 0.241 e. The molecule has 0 radical (unpaired) electrons. The van der Waals surface area contributed by atoms with Gasteiger partial charge in [0, 0.05) is 24.5 Å². The Kier molecular flexibility index (Phi) is 8.47. The first-order valence-corrected chi connectivity index (χ1v) is 9.95. The second-order valence-corrected chi connectivity index (χ2v) is 8.48. The number of sulfone groups is 1. The van der Waals surface area contributed by atoms with Crippen LogP contribution in [0, 0.1) is 0 Å². The molecule has 1 amide bonds. The lowest BCUT2D eigenvalue weighted by Crippen LogP contribution is -2.43. The van der Waals surface area contributed by atoms with Crippen molar-refractivity contribution in [3.8, 4) is 0 Å². The van der Waals surface area contributed by atoms with Gasteiger partial charge in [-0.1, -0.05) is 12.5 Å². The Balaban J connectivity index is 0.00000156. The van der Waals surface area contributed by atoms with E-state index in [9.17, 15) is 13.2 Å². The van der Waals surface area contributed by atoms with Gasteiger partial charge in [-0.25, -0.2) is 8.42 Å². The SMILES string of the molecule is Cl.Cl.O=C(Nc1cccc(N2CCS(=O)(=O)CC2)c1)[C@H]1CCCCN1. The van der Waals surface area contributed by atoms with Crippen LogP contribution in [-0.4, -0.2) is 51.5 Å². The summed E-state index contributed by atoms with van der Waals surface area (Å²) < 4.78 is 23.0. The molecule has 2 N–H and O–H groups in total. The number of rotatable bonds is 3. The Morgan fingerprint density at radius 1 is 1.16 bits per heavy atom. The lowest BCUT2D eigenvalue weighted by atomic mass is 10.0. The van der Waals surface area contributed by atoms with Crippen molar-refractivity contribution >= 4 is 51.9 Å². The van der Waals surface area contributed by atoms with Crippen LogP contribution >= 0.6 is 24.8 Å². The molecule has 2 aliphatic rings. The first kappa shape index (κ1) is 22.0. The highest BCUT2D eigenvalue weighted by atomic mass is 35.5. The molecule has 1 atom stereocenters. The summed E-state index contributed by atoms with van der Waals surface area (Å²) in [6, 6.07) is 7.51. The number of carbonyl (C=O) groups excluding carboxylic acids is 1. The zero-order valence-corrected chi connectivity index (χ0v) is 16.4. The molecule has 3 rings (SSSR count). The average Bonchev–Trinajstić information content (AvgIpc) is 2.56. The summed E-state index contributed by atoms with van der Waals surface area (Å²) in [4.78, 5) is 14.3. The normalized spacial score (nSPS) is 22.2. The van der Waals surface area contributed by atoms with Crippen molar-refractivity contribution < 1.29 is 13.2 Å². The van der Waals surface area contributed by atoms with Crippen LogP contribution in [0.1, 0.15) is 19.3 Å². The Bertz CT molecular complexity index is 665. The highest BCUT2D eigenvalue weighted by molar-refractivity contribution is 7.91. The van der Waals surface area contributed by atoms with Crippen LogP contribution in [0.15, 0.2) is 24.3 Å². The molecule has 0 aromatic heterocycles. The molecular formula is C16H25Cl2N3O3S. The van der Waals surface area contributed by atoms with Crippen LogP contribution in [0.2, 0.25) is 0 Å². The van der Waals surface area contributed by atoms with Crippen LogP contribution < -0.4 is 15.5 Å². The van der Waals surface area contributed by atoms with Gasteiger partial charge in [0.2, 0.25) is 5.91 Å². The van der Waals surface area contributed by atoms with E-state index in [1.807, 2.05) is 24.3 Å². The van der Waals surface area contributed by atoms with Crippen LogP contribution in [0.3, 0.4) is 0 Å². The van der Waals surface area contributed by atoms with E-state index < -0.39 is 9.84 Å². The monoisotopic (exact) mass is 409 g/mol. The van der Waals surface area contributed by atoms with Gasteiger partial charge in [-0.05, 0) is 37.6 Å². The third-order valence-electron chi connectivity index (χ3n) is 4.45. The maximum absolute atomic E-state index is 12.3. The molecule has 2 fully saturated rings. The third kappa shape index (κ3) is 6.02. The summed E-state index contributed by atoms with van der Waals surface area (Å²) in [6.07, 6.45) is 3.07. The van der Waals surface area contributed by atoms with E-state index in [1.54, 1.807) is 0 Å². The number of carbonyl (C=O) groups is 1. The van der Waals surface area contributed by atoms with E-state index in [2.05, 4.69) is 15.5 Å². The zero-order chi connectivity index (χ0) is 16.3. The van der Waals surface area contributed by atoms with Gasteiger partial charge in [0.25, 0.3) is 0 Å². The van der Waals surface area contributed by atoms with Crippen LogP contribution in [0.5, 0.6) is 0 Å². The fraction of sp³-hybridized carbons (Fsp3) is 0.562. The quantitative estimate of drug-likeness (QED) is 0.795. The fourth-order valence-corrected chi connectivity index (χ4v) is 4.26. The molecule has 1 aromatic rings. The highest BCUT2D eigenvalue weighted by Crippen LogP contribution is 2.22. The lowest BCUT2D eigenvalue weighted by Gasteiger charge is -2.29. The summed E-state index contributed by atoms with van der Waals surface area (Å²) in [5.41, 5.74) is 1.71. The first-order valence-electron chi connectivity index (χ1n) is 8.13. The van der Waals surface area contributed by atoms with Gasteiger partial charge in [0.05, 0.1) is 17.5 Å². The number of nitrogens with zero attached hydrogens (tertiary/aromatic N) is 1. The number of nitrogens with one attached hydrogen (secondary N) is 2. The van der Waals surface area contributed by atoms with Crippen molar-refractivity contribution in [2.75, 3.05) is 41.4 Å². The van der Waals surface area contributed by atoms with Gasteiger partial charge >= 0.3 is 0 Å². The molecule has 0 spiro atoms. The van der Waals surface area contributed by atoms with Gasteiger partial charge in [-0.2, -0.15) is 0 Å². The molecule has 2 aliphatic heterocycles. The van der Waals surface area contributed by atoms with Crippen molar-refractivity contribution in [2.24, 2.45) is 0 Å². The van der Waals surface area contributed by atoms with Gasteiger partial charge in [0.15, 0.2) is 9.84 Å². The van der Waals surface area contributed by atoms with Gasteiger partial charge < -0.3 is 15.5 Å². The molecule has 2 saturated heterocycles. The molecule has 0 bridgehead atoms. The van der Waals surface area contributed by atoms with Crippen molar-refractivity contribution in [1.29, 1.82) is 0 Å². The van der Waals surface area contributed by atoms with Crippen LogP contribution in [0.4, 0.5) is 11.4 Å². The molecule has 142 valence electrons. The molecular weight excluding hydrogens is 385 g/mol. The first-order chi connectivity index (χ1) is 11.0. The second-order valence-electron chi connectivity index (χ2n) is 6.18. The molecule has 25 heavy (non-hydrogen) atoms. The minimum Gasteiger partial charge on any atom is -0.369 e. The zero-order valence-electron chi connectivity index (χ0n) is 13.9. The number of benzene rings is 1. The minimum atomic E-state index is -2.89. The van der Waals surface area contributed by atoms with E-state index in [0.717, 1.165) is 37.2 Å². The smallest absolute Gasteiger partial charge is 0.241 e. The van der Waals surface area contributed by atoms with E-state index in [1.165, 1.54) is 0 Å². The summed E-state index contributed by atoms with van der Waals surface area (Å²) in [5.74, 6) is 0.383. The average molecular weight is 410 g/mol. The van der Waals surface area contributed by atoms with E-state index >= 15 is 0 Å². The molecule has 9 heteroatoms. The highest BCUT2D eigenvalue weighted by Gasteiger charge is 2.23. The molecule has 1 aromatic carbocycles. The number of anilines is 2. The number of piperidine rings is 1. The number of halogens is 2. The minimum absolute atomic E-state index is 0. The van der Waals surface area contributed by atoms with Crippen LogP contribution in [0.25, 0.3) is 0 Å². The molecule has 6 nitrogen and oxygen atoms in total. The van der Waals surface area contributed by atoms with Crippen molar-refractivity contribution in [2.45, 2.75) is 25.3 Å². The Morgan fingerprint density at radius 2 is 1.88 bits per heavy atom. The summed E-state index contributed by atoms with van der Waals surface area (Å²) in [6.45, 7) is 1.90. The largest absolute Gasteiger partial charge is 0.369 e. The second kappa shape index (κ2) is 9.62. The number of hydrogen-bond acceptors (Lipinski definition) is 5. The van der Waals surface area contributed by atoms with Crippen molar-refractivity contribution in [3.63, 3.8) is 0 Å². The van der Waals surface area contributed by atoms with E-state index in [4.69, 9.17) is 0 Å². The molecule has 0 aliphatic carbocycles. The predicted molar refractivity (Wildman–Crippen MR) is 106 cm³/mol. The summed E-state index contributed by atoms with van der Waals surface area (Å²) in [5, 5.41) is 6.20. The van der Waals surface area contributed by atoms with Gasteiger partial charge in [0.1, 0.15) is 0 Å². The fourth-order valence-electron chi connectivity index (χ4n) is 3.06. The standard InChI is InChI=1S/C16H23N3O3S.2ClH/c20-16(15-6-1-2-7-17-15)18-13-4-3-5-14(12-13)19-8-10-23(21,22)11-9-19;;/h3-5,12,15,17H,1-2,6-11H2,(H,18,20);2*1H/t15-;;/m1../s1. The van der Waals surface area contributed by atoms with Crippen molar-refractivity contribution in [3.05, 3.63) is 24.3 Å². The van der Waals surface area contributed by atoms with E-state index in [-0.39, 0.29) is 48.3 Å². The third-order valence-corrected chi connectivity index (χ3v) is 6.06.